The van der Waals surface area contributed by atoms with E-state index in [1.165, 1.54) is 6.20 Å². The predicted molar refractivity (Wildman–Crippen MR) is 82.9 cm³/mol. The molecule has 5 heteroatoms. The molecule has 112 valence electrons. The summed E-state index contributed by atoms with van der Waals surface area (Å²) in [5.74, 6) is -0.963. The summed E-state index contributed by atoms with van der Waals surface area (Å²) in [7, 11) is 1.69. The number of hydrogen-bond acceptors (Lipinski definition) is 4. The first-order chi connectivity index (χ1) is 10.2. The van der Waals surface area contributed by atoms with E-state index in [4.69, 9.17) is 4.74 Å². The minimum absolute atomic E-state index is 0.214. The molecule has 1 aromatic heterocycles. The quantitative estimate of drug-likeness (QED) is 0.730. The Morgan fingerprint density at radius 3 is 2.86 bits per heavy atom. The maximum absolute atomic E-state index is 11.3. The third-order valence-electron chi connectivity index (χ3n) is 3.33. The number of fused-ring (bicyclic) bond motifs is 1. The van der Waals surface area contributed by atoms with Gasteiger partial charge in [0, 0.05) is 31.8 Å². The summed E-state index contributed by atoms with van der Waals surface area (Å²) < 4.78 is 5.01. The molecule has 0 saturated carbocycles. The van der Waals surface area contributed by atoms with Crippen molar-refractivity contribution < 1.29 is 14.6 Å². The second-order valence-electron chi connectivity index (χ2n) is 4.85. The predicted octanol–water partition coefficient (Wildman–Crippen LogP) is 3.16. The van der Waals surface area contributed by atoms with E-state index in [1.807, 2.05) is 24.3 Å². The Hall–Kier alpha value is -2.14. The first-order valence-electron chi connectivity index (χ1n) is 7.08. The second-order valence-corrected chi connectivity index (χ2v) is 4.85. The molecule has 5 nitrogen and oxygen atoms in total. The van der Waals surface area contributed by atoms with E-state index in [0.29, 0.717) is 5.69 Å². The molecule has 0 atom stereocenters. The van der Waals surface area contributed by atoms with Gasteiger partial charge in [0.05, 0.1) is 11.2 Å². The fourth-order valence-electron chi connectivity index (χ4n) is 2.26. The van der Waals surface area contributed by atoms with Gasteiger partial charge in [-0.2, -0.15) is 0 Å². The number of carboxylic acids is 1. The van der Waals surface area contributed by atoms with E-state index in [2.05, 4.69) is 10.3 Å². The number of hydrogen-bond donors (Lipinski definition) is 2. The lowest BCUT2D eigenvalue weighted by atomic mass is 10.1. The number of ether oxygens (including phenoxy) is 1. The van der Waals surface area contributed by atoms with Crippen LogP contribution in [0.15, 0.2) is 30.5 Å². The Bertz CT molecular complexity index is 613. The summed E-state index contributed by atoms with van der Waals surface area (Å²) in [4.78, 5) is 15.5. The molecule has 2 N–H and O–H groups in total. The SMILES string of the molecule is COCCCCCNc1c(C(=O)O)cnc2ccccc12. The molecular weight excluding hydrogens is 268 g/mol. The summed E-state index contributed by atoms with van der Waals surface area (Å²) in [5, 5.41) is 13.4. The number of benzene rings is 1. The minimum Gasteiger partial charge on any atom is -0.478 e. The third-order valence-corrected chi connectivity index (χ3v) is 3.33. The highest BCUT2D eigenvalue weighted by Gasteiger charge is 2.13. The highest BCUT2D eigenvalue weighted by Crippen LogP contribution is 2.25. The molecular formula is C16H20N2O3. The van der Waals surface area contributed by atoms with Crippen molar-refractivity contribution in [2.75, 3.05) is 25.6 Å². The summed E-state index contributed by atoms with van der Waals surface area (Å²) in [6.07, 6.45) is 4.45. The van der Waals surface area contributed by atoms with Crippen LogP contribution in [0, 0.1) is 0 Å². The van der Waals surface area contributed by atoms with Crippen LogP contribution in [0.25, 0.3) is 10.9 Å². The van der Waals surface area contributed by atoms with E-state index in [1.54, 1.807) is 7.11 Å². The third kappa shape index (κ3) is 3.92. The fraction of sp³-hybridized carbons (Fsp3) is 0.375. The number of pyridine rings is 1. The van der Waals surface area contributed by atoms with Gasteiger partial charge in [-0.15, -0.1) is 0 Å². The molecule has 0 aliphatic rings. The molecule has 0 bridgehead atoms. The molecule has 1 aromatic carbocycles. The summed E-state index contributed by atoms with van der Waals surface area (Å²) in [6, 6.07) is 7.55. The molecule has 2 aromatic rings. The van der Waals surface area contributed by atoms with E-state index in [-0.39, 0.29) is 5.56 Å². The zero-order chi connectivity index (χ0) is 15.1. The Kier molecular flexibility index (Phi) is 5.51. The Morgan fingerprint density at radius 1 is 1.29 bits per heavy atom. The summed E-state index contributed by atoms with van der Waals surface area (Å²) in [5.41, 5.74) is 1.66. The smallest absolute Gasteiger partial charge is 0.339 e. The number of aromatic carboxylic acids is 1. The molecule has 21 heavy (non-hydrogen) atoms. The summed E-state index contributed by atoms with van der Waals surface area (Å²) >= 11 is 0. The van der Waals surface area contributed by atoms with Gasteiger partial charge in [-0.3, -0.25) is 4.98 Å². The van der Waals surface area contributed by atoms with E-state index in [0.717, 1.165) is 43.3 Å². The van der Waals surface area contributed by atoms with E-state index >= 15 is 0 Å². The van der Waals surface area contributed by atoms with Crippen LogP contribution in [-0.2, 0) is 4.74 Å². The Balaban J connectivity index is 2.12. The topological polar surface area (TPSA) is 71.5 Å². The van der Waals surface area contributed by atoms with Crippen molar-refractivity contribution in [3.05, 3.63) is 36.0 Å². The van der Waals surface area contributed by atoms with Crippen molar-refractivity contribution in [3.8, 4) is 0 Å². The van der Waals surface area contributed by atoms with E-state index in [9.17, 15) is 9.90 Å². The zero-order valence-corrected chi connectivity index (χ0v) is 12.1. The van der Waals surface area contributed by atoms with Crippen LogP contribution in [0.4, 0.5) is 5.69 Å². The van der Waals surface area contributed by atoms with Gasteiger partial charge in [-0.25, -0.2) is 4.79 Å². The number of nitrogens with one attached hydrogen (secondary N) is 1. The molecule has 0 saturated heterocycles. The van der Waals surface area contributed by atoms with Gasteiger partial charge >= 0.3 is 5.97 Å². The average molecular weight is 288 g/mol. The van der Waals surface area contributed by atoms with Gasteiger partial charge in [-0.05, 0) is 25.3 Å². The van der Waals surface area contributed by atoms with Crippen molar-refractivity contribution >= 4 is 22.6 Å². The molecule has 0 aliphatic carbocycles. The van der Waals surface area contributed by atoms with Gasteiger partial charge in [0.1, 0.15) is 5.56 Å². The molecule has 1 heterocycles. The second kappa shape index (κ2) is 7.59. The van der Waals surface area contributed by atoms with Gasteiger partial charge < -0.3 is 15.2 Å². The number of para-hydroxylation sites is 1. The van der Waals surface area contributed by atoms with Crippen LogP contribution in [0.2, 0.25) is 0 Å². The number of anilines is 1. The van der Waals surface area contributed by atoms with Gasteiger partial charge in [-0.1, -0.05) is 18.2 Å². The number of rotatable bonds is 8. The number of unbranched alkanes of at least 4 members (excludes halogenated alkanes) is 2. The number of nitrogens with zero attached hydrogens (tertiary/aromatic N) is 1. The molecule has 0 spiro atoms. The van der Waals surface area contributed by atoms with E-state index < -0.39 is 5.97 Å². The lowest BCUT2D eigenvalue weighted by Crippen LogP contribution is -2.09. The van der Waals surface area contributed by atoms with Crippen LogP contribution in [0.1, 0.15) is 29.6 Å². The molecule has 0 unspecified atom stereocenters. The zero-order valence-electron chi connectivity index (χ0n) is 12.1. The molecule has 0 radical (unpaired) electrons. The molecule has 0 fully saturated rings. The van der Waals surface area contributed by atoms with Gasteiger partial charge in [0.2, 0.25) is 0 Å². The highest BCUT2D eigenvalue weighted by atomic mass is 16.5. The minimum atomic E-state index is -0.963. The number of carbonyl (C=O) groups is 1. The average Bonchev–Trinajstić information content (AvgIpc) is 2.50. The first kappa shape index (κ1) is 15.3. The van der Waals surface area contributed by atoms with Gasteiger partial charge in [0.25, 0.3) is 0 Å². The maximum Gasteiger partial charge on any atom is 0.339 e. The number of carboxylic acid groups (broad SMARTS) is 1. The lowest BCUT2D eigenvalue weighted by Gasteiger charge is -2.12. The van der Waals surface area contributed by atoms with Crippen LogP contribution < -0.4 is 5.32 Å². The monoisotopic (exact) mass is 288 g/mol. The fourth-order valence-corrected chi connectivity index (χ4v) is 2.26. The molecule has 2 rings (SSSR count). The molecule has 0 amide bonds. The number of aromatic nitrogens is 1. The van der Waals surface area contributed by atoms with Crippen LogP contribution >= 0.6 is 0 Å². The lowest BCUT2D eigenvalue weighted by molar-refractivity contribution is 0.0697. The van der Waals surface area contributed by atoms with Crippen LogP contribution in [0.3, 0.4) is 0 Å². The Labute approximate surface area is 124 Å². The van der Waals surface area contributed by atoms with Crippen LogP contribution in [0.5, 0.6) is 0 Å². The maximum atomic E-state index is 11.3. The van der Waals surface area contributed by atoms with Crippen molar-refractivity contribution in [3.63, 3.8) is 0 Å². The van der Waals surface area contributed by atoms with Crippen LogP contribution in [-0.4, -0.2) is 36.3 Å². The van der Waals surface area contributed by atoms with Gasteiger partial charge in [0.15, 0.2) is 0 Å². The number of methoxy groups -OCH3 is 1. The van der Waals surface area contributed by atoms with Crippen molar-refractivity contribution in [1.82, 2.24) is 4.98 Å². The normalized spacial score (nSPS) is 10.7. The first-order valence-corrected chi connectivity index (χ1v) is 7.08. The van der Waals surface area contributed by atoms with Crippen molar-refractivity contribution in [2.24, 2.45) is 0 Å². The summed E-state index contributed by atoms with van der Waals surface area (Å²) in [6.45, 7) is 1.50. The largest absolute Gasteiger partial charge is 0.478 e. The van der Waals surface area contributed by atoms with Crippen molar-refractivity contribution in [2.45, 2.75) is 19.3 Å². The van der Waals surface area contributed by atoms with Crippen molar-refractivity contribution in [1.29, 1.82) is 0 Å². The Morgan fingerprint density at radius 2 is 2.10 bits per heavy atom. The molecule has 0 aliphatic heterocycles. The highest BCUT2D eigenvalue weighted by molar-refractivity contribution is 6.04. The standard InChI is InChI=1S/C16H20N2O3/c1-21-10-6-2-5-9-17-15-12-7-3-4-8-14(12)18-11-13(15)16(19)20/h3-4,7-8,11H,2,5-6,9-10H2,1H3,(H,17,18)(H,19,20).